The highest BCUT2D eigenvalue weighted by molar-refractivity contribution is 6.32. The van der Waals surface area contributed by atoms with Gasteiger partial charge < -0.3 is 10.1 Å². The summed E-state index contributed by atoms with van der Waals surface area (Å²) >= 11 is 5.39. The number of nitrogens with zero attached hydrogens (tertiary/aromatic N) is 3. The van der Waals surface area contributed by atoms with E-state index < -0.39 is 71.4 Å². The number of alkyl halides is 7. The molecule has 1 aromatic rings. The maximum Gasteiger partial charge on any atom is 0.573 e. The SMILES string of the molecule is C=N/C=C(\C=NC)[C@@](C)(C(=O)NC1CCC(F)(F)CC1)N(C(=O)[C@H](F)Cl)c1ccc(OC(F)(F)F)c(F)c1. The zero-order chi connectivity index (χ0) is 28.9. The number of carbonyl (C=O) groups excluding carboxylic acids is 2. The van der Waals surface area contributed by atoms with E-state index in [0.717, 1.165) is 25.4 Å². The molecule has 1 fully saturated rings. The van der Waals surface area contributed by atoms with Gasteiger partial charge in [0.25, 0.3) is 17.4 Å². The van der Waals surface area contributed by atoms with Crippen molar-refractivity contribution in [2.24, 2.45) is 9.98 Å². The molecule has 0 heterocycles. The van der Waals surface area contributed by atoms with Crippen LogP contribution in [-0.4, -0.2) is 61.3 Å². The Morgan fingerprint density at radius 3 is 2.37 bits per heavy atom. The van der Waals surface area contributed by atoms with Crippen LogP contribution in [0.2, 0.25) is 0 Å². The Morgan fingerprint density at radius 2 is 1.89 bits per heavy atom. The summed E-state index contributed by atoms with van der Waals surface area (Å²) in [6, 6.07) is 0.930. The van der Waals surface area contributed by atoms with Crippen LogP contribution in [0, 0.1) is 5.82 Å². The van der Waals surface area contributed by atoms with Gasteiger partial charge in [-0.25, -0.2) is 17.6 Å². The number of aliphatic imine (C=N–C) groups is 2. The number of hydrogen-bond acceptors (Lipinski definition) is 5. The standard InChI is InChI=1S/C23H24ClF7N4O3/c1-21(13(11-32-2)12-33-3,20(37)34-14-6-8-22(27,28)9-7-14)35(19(36)18(24)26)15-4-5-17(16(25)10-15)38-23(29,30)31/h4-5,10-12,14,18H,2,6-9H2,1,3H3,(H,34,37)/b13-11+,33-12?/t18-,21-/m0/s1. The lowest BCUT2D eigenvalue weighted by molar-refractivity contribution is -0.275. The smallest absolute Gasteiger partial charge is 0.403 e. The molecule has 0 aromatic heterocycles. The average molecular weight is 573 g/mol. The lowest BCUT2D eigenvalue weighted by Crippen LogP contribution is -2.63. The number of hydrogen-bond donors (Lipinski definition) is 1. The Balaban J connectivity index is 2.68. The summed E-state index contributed by atoms with van der Waals surface area (Å²) in [5.74, 6) is -8.41. The molecule has 0 aliphatic heterocycles. The number of ether oxygens (including phenoxy) is 1. The second kappa shape index (κ2) is 12.1. The minimum atomic E-state index is -5.24. The van der Waals surface area contributed by atoms with Gasteiger partial charge in [0.05, 0.1) is 0 Å². The van der Waals surface area contributed by atoms with Crippen molar-refractivity contribution >= 4 is 42.0 Å². The third-order valence-corrected chi connectivity index (χ3v) is 6.00. The summed E-state index contributed by atoms with van der Waals surface area (Å²) in [5.41, 5.74) is -5.90. The quantitative estimate of drug-likeness (QED) is 0.247. The lowest BCUT2D eigenvalue weighted by atomic mass is 9.86. The predicted molar refractivity (Wildman–Crippen MR) is 127 cm³/mol. The molecule has 2 rings (SSSR count). The van der Waals surface area contributed by atoms with Gasteiger partial charge in [0.15, 0.2) is 17.1 Å². The van der Waals surface area contributed by atoms with Crippen molar-refractivity contribution in [2.75, 3.05) is 11.9 Å². The maximum atomic E-state index is 14.6. The largest absolute Gasteiger partial charge is 0.573 e. The van der Waals surface area contributed by atoms with Gasteiger partial charge in [0.1, 0.15) is 0 Å². The van der Waals surface area contributed by atoms with Gasteiger partial charge in [0.2, 0.25) is 5.92 Å². The first-order valence-corrected chi connectivity index (χ1v) is 11.4. The molecule has 38 heavy (non-hydrogen) atoms. The van der Waals surface area contributed by atoms with E-state index in [0.29, 0.717) is 17.0 Å². The van der Waals surface area contributed by atoms with Crippen LogP contribution in [0.25, 0.3) is 0 Å². The summed E-state index contributed by atoms with van der Waals surface area (Å²) in [6.07, 6.45) is -4.49. The Labute approximate surface area is 218 Å². The first kappa shape index (κ1) is 31.1. The first-order chi connectivity index (χ1) is 17.6. The molecular weight excluding hydrogens is 549 g/mol. The maximum absolute atomic E-state index is 14.6. The summed E-state index contributed by atoms with van der Waals surface area (Å²) in [7, 11) is 1.28. The van der Waals surface area contributed by atoms with Gasteiger partial charge >= 0.3 is 6.36 Å². The number of anilines is 1. The summed E-state index contributed by atoms with van der Waals surface area (Å²) < 4.78 is 97.4. The van der Waals surface area contributed by atoms with Crippen molar-refractivity contribution < 1.29 is 45.1 Å². The van der Waals surface area contributed by atoms with E-state index in [4.69, 9.17) is 11.6 Å². The Kier molecular flexibility index (Phi) is 9.92. The van der Waals surface area contributed by atoms with Gasteiger partial charge in [-0.1, -0.05) is 11.6 Å². The van der Waals surface area contributed by atoms with Crippen LogP contribution < -0.4 is 15.0 Å². The first-order valence-electron chi connectivity index (χ1n) is 11.0. The topological polar surface area (TPSA) is 83.4 Å². The van der Waals surface area contributed by atoms with E-state index in [-0.39, 0.29) is 18.4 Å². The van der Waals surface area contributed by atoms with Crippen LogP contribution in [0.15, 0.2) is 40.0 Å². The van der Waals surface area contributed by atoms with Crippen molar-refractivity contribution in [1.29, 1.82) is 0 Å². The summed E-state index contributed by atoms with van der Waals surface area (Å²) in [4.78, 5) is 34.4. The van der Waals surface area contributed by atoms with Crippen molar-refractivity contribution in [3.8, 4) is 5.75 Å². The molecule has 1 saturated carbocycles. The van der Waals surface area contributed by atoms with Crippen molar-refractivity contribution in [2.45, 2.75) is 62.1 Å². The van der Waals surface area contributed by atoms with E-state index >= 15 is 0 Å². The molecule has 0 radical (unpaired) electrons. The Morgan fingerprint density at radius 1 is 1.29 bits per heavy atom. The molecule has 210 valence electrons. The van der Waals surface area contributed by atoms with Crippen LogP contribution in [0.3, 0.4) is 0 Å². The molecule has 0 spiro atoms. The normalized spacial score (nSPS) is 18.9. The van der Waals surface area contributed by atoms with Crippen molar-refractivity contribution in [3.63, 3.8) is 0 Å². The van der Waals surface area contributed by atoms with Gasteiger partial charge in [-0.3, -0.25) is 24.5 Å². The minimum absolute atomic E-state index is 0.122. The minimum Gasteiger partial charge on any atom is -0.403 e. The van der Waals surface area contributed by atoms with E-state index in [1.54, 1.807) is 0 Å². The van der Waals surface area contributed by atoms with Crippen molar-refractivity contribution in [1.82, 2.24) is 5.32 Å². The second-order valence-electron chi connectivity index (χ2n) is 8.47. The van der Waals surface area contributed by atoms with E-state index in [1.165, 1.54) is 7.05 Å². The third kappa shape index (κ3) is 7.45. The Hall–Kier alpha value is -3.16. The van der Waals surface area contributed by atoms with E-state index in [1.807, 2.05) is 0 Å². The molecule has 1 N–H and O–H groups in total. The number of halogens is 8. The van der Waals surface area contributed by atoms with E-state index in [2.05, 4.69) is 26.8 Å². The molecule has 1 aliphatic rings. The Bertz CT molecular complexity index is 1100. The molecule has 2 amide bonds. The molecule has 15 heteroatoms. The van der Waals surface area contributed by atoms with Gasteiger partial charge in [-0.2, -0.15) is 0 Å². The highest BCUT2D eigenvalue weighted by atomic mass is 35.5. The molecule has 1 aliphatic carbocycles. The number of rotatable bonds is 9. The van der Waals surface area contributed by atoms with Crippen molar-refractivity contribution in [3.05, 3.63) is 35.8 Å². The fourth-order valence-electron chi connectivity index (χ4n) is 3.93. The third-order valence-electron chi connectivity index (χ3n) is 5.81. The van der Waals surface area contributed by atoms with Crippen LogP contribution in [-0.2, 0) is 9.59 Å². The fourth-order valence-corrected chi connectivity index (χ4v) is 4.03. The van der Waals surface area contributed by atoms with Crippen LogP contribution in [0.1, 0.15) is 32.6 Å². The van der Waals surface area contributed by atoms with Gasteiger partial charge in [0, 0.05) is 55.7 Å². The number of carbonyl (C=O) groups is 2. The molecule has 0 unspecified atom stereocenters. The zero-order valence-electron chi connectivity index (χ0n) is 20.2. The average Bonchev–Trinajstić information content (AvgIpc) is 2.81. The molecule has 2 atom stereocenters. The molecule has 7 nitrogen and oxygen atoms in total. The predicted octanol–water partition coefficient (Wildman–Crippen LogP) is 5.33. The van der Waals surface area contributed by atoms with Gasteiger partial charge in [-0.05, 0) is 38.6 Å². The van der Waals surface area contributed by atoms with Crippen LogP contribution >= 0.6 is 11.6 Å². The summed E-state index contributed by atoms with van der Waals surface area (Å²) in [5, 5.41) is 2.53. The van der Waals surface area contributed by atoms with Crippen LogP contribution in [0.5, 0.6) is 5.75 Å². The fraction of sp³-hybridized carbons (Fsp3) is 0.478. The lowest BCUT2D eigenvalue weighted by Gasteiger charge is -2.42. The van der Waals surface area contributed by atoms with Gasteiger partial charge in [-0.15, -0.1) is 13.2 Å². The second-order valence-corrected chi connectivity index (χ2v) is 8.85. The molecule has 1 aromatic carbocycles. The monoisotopic (exact) mass is 572 g/mol. The van der Waals surface area contributed by atoms with Crippen LogP contribution in [0.4, 0.5) is 36.4 Å². The zero-order valence-corrected chi connectivity index (χ0v) is 20.9. The number of benzene rings is 1. The molecule has 0 bridgehead atoms. The number of amides is 2. The molecule has 0 saturated heterocycles. The highest BCUT2D eigenvalue weighted by Gasteiger charge is 2.49. The number of nitrogens with one attached hydrogen (secondary N) is 1. The highest BCUT2D eigenvalue weighted by Crippen LogP contribution is 2.37. The summed E-state index contributed by atoms with van der Waals surface area (Å²) in [6.45, 7) is 4.36. The molecular formula is C23H24ClF7N4O3. The van der Waals surface area contributed by atoms with E-state index in [9.17, 15) is 40.3 Å².